The Bertz CT molecular complexity index is 6190. The van der Waals surface area contributed by atoms with E-state index in [1.807, 2.05) is 196 Å². The summed E-state index contributed by atoms with van der Waals surface area (Å²) in [5.74, 6) is 1.55. The minimum Gasteiger partial charge on any atom is -0.384 e. The molecule has 560 valence electrons. The van der Waals surface area contributed by atoms with E-state index in [0.29, 0.717) is 131 Å². The molecule has 13 heterocycles. The lowest BCUT2D eigenvalue weighted by Gasteiger charge is -2.30. The number of aliphatic imine (C=N–C) groups is 4. The van der Waals surface area contributed by atoms with Gasteiger partial charge in [-0.15, -0.1) is 34.0 Å². The third-order valence-electron chi connectivity index (χ3n) is 22.7. The zero-order chi connectivity index (χ0) is 77.8. The highest BCUT2D eigenvalue weighted by atomic mass is 32.1. The number of Topliss-reactive ketones (excluding diaryl/α,β-unsaturated/α-hetero) is 4. The number of anilines is 5. The maximum Gasteiger partial charge on any atom is 0.205 e. The number of pyridine rings is 2. The Labute approximate surface area is 652 Å². The summed E-state index contributed by atoms with van der Waals surface area (Å²) >= 11 is 4.90. The van der Waals surface area contributed by atoms with Crippen LogP contribution in [-0.4, -0.2) is 135 Å². The summed E-state index contributed by atoms with van der Waals surface area (Å²) in [5, 5.41) is 49.7. The Hall–Kier alpha value is -11.0. The number of nitrogens with zero attached hydrogens (tertiary/aromatic N) is 12. The van der Waals surface area contributed by atoms with Gasteiger partial charge in [-0.1, -0.05) is 26.8 Å². The predicted octanol–water partition coefficient (Wildman–Crippen LogP) is 16.3. The monoisotopic (exact) mass is 1530 g/mol. The zero-order valence-corrected chi connectivity index (χ0v) is 65.8. The van der Waals surface area contributed by atoms with E-state index >= 15 is 0 Å². The lowest BCUT2D eigenvalue weighted by molar-refractivity contribution is 0.0600. The highest BCUT2D eigenvalue weighted by molar-refractivity contribution is 7.19. The molecular weight excluding hydrogens is 1450 g/mol. The highest BCUT2D eigenvalue weighted by Crippen LogP contribution is 2.48. The van der Waals surface area contributed by atoms with Crippen molar-refractivity contribution in [1.29, 1.82) is 0 Å². The first-order chi connectivity index (χ1) is 53.0. The highest BCUT2D eigenvalue weighted by Gasteiger charge is 2.56. The van der Waals surface area contributed by atoms with Crippen molar-refractivity contribution in [2.45, 2.75) is 137 Å². The van der Waals surface area contributed by atoms with Crippen LogP contribution >= 0.6 is 34.0 Å². The van der Waals surface area contributed by atoms with Crippen molar-refractivity contribution >= 4 is 173 Å². The van der Waals surface area contributed by atoms with Crippen LogP contribution in [0.1, 0.15) is 148 Å². The number of nitrogen functional groups attached to an aromatic ring is 1. The number of carbonyl (C=O) groups excluding carboxylic acids is 4. The molecule has 7 aromatic carbocycles. The topological polar surface area (TPSA) is 289 Å². The Morgan fingerprint density at radius 3 is 1.24 bits per heavy atom. The Morgan fingerprint density at radius 2 is 0.793 bits per heavy atom. The molecule has 8 aliphatic heterocycles. The van der Waals surface area contributed by atoms with E-state index in [9.17, 15) is 39.6 Å². The second-order valence-corrected chi connectivity index (χ2v) is 33.9. The van der Waals surface area contributed by atoms with Crippen LogP contribution in [0.25, 0.3) is 42.2 Å². The second-order valence-electron chi connectivity index (χ2n) is 30.5. The van der Waals surface area contributed by atoms with E-state index in [4.69, 9.17) is 25.7 Å². The summed E-state index contributed by atoms with van der Waals surface area (Å²) in [7, 11) is 0. The van der Waals surface area contributed by atoms with Crippen molar-refractivity contribution in [3.63, 3.8) is 0 Å². The smallest absolute Gasteiger partial charge is 0.205 e. The molecule has 21 nitrogen and oxygen atoms in total. The van der Waals surface area contributed by atoms with E-state index in [1.54, 1.807) is 28.7 Å². The lowest BCUT2D eigenvalue weighted by atomic mass is 9.86. The molecule has 4 saturated heterocycles. The fourth-order valence-corrected chi connectivity index (χ4v) is 18.7. The first-order valence-corrected chi connectivity index (χ1v) is 39.8. The second kappa shape index (κ2) is 26.9. The van der Waals surface area contributed by atoms with Crippen LogP contribution in [0.5, 0.6) is 0 Å². The number of fused-ring (bicyclic) bond motifs is 12. The predicted molar refractivity (Wildman–Crippen MR) is 445 cm³/mol. The Balaban J connectivity index is 0.000000108. The number of hydrogen-bond donors (Lipinski definition) is 5. The molecule has 4 atom stereocenters. The van der Waals surface area contributed by atoms with Gasteiger partial charge in [-0.2, -0.15) is 0 Å². The molecule has 8 aliphatic rings. The van der Waals surface area contributed by atoms with Gasteiger partial charge in [0.05, 0.1) is 64.1 Å². The molecule has 0 aliphatic carbocycles. The van der Waals surface area contributed by atoms with E-state index in [0.717, 1.165) is 125 Å². The quantitative estimate of drug-likeness (QED) is 0.103. The molecule has 0 radical (unpaired) electrons. The largest absolute Gasteiger partial charge is 0.384 e. The number of thiazole rings is 2. The number of amidine groups is 4. The minimum absolute atomic E-state index is 0.234. The van der Waals surface area contributed by atoms with Gasteiger partial charge in [-0.3, -0.25) is 24.2 Å². The van der Waals surface area contributed by atoms with E-state index in [1.165, 1.54) is 11.3 Å². The lowest BCUT2D eigenvalue weighted by Crippen LogP contribution is -2.48. The maximum absolute atomic E-state index is 13.2. The van der Waals surface area contributed by atoms with Crippen LogP contribution in [0.4, 0.5) is 50.6 Å². The number of aryl methyl sites for hydroxylation is 9. The van der Waals surface area contributed by atoms with E-state index < -0.39 is 22.4 Å². The van der Waals surface area contributed by atoms with Crippen molar-refractivity contribution in [1.82, 2.24) is 19.9 Å². The van der Waals surface area contributed by atoms with Crippen LogP contribution < -0.4 is 25.3 Å². The average molecular weight is 1530 g/mol. The summed E-state index contributed by atoms with van der Waals surface area (Å²) < 4.78 is 2.29. The Morgan fingerprint density at radius 1 is 0.405 bits per heavy atom. The molecule has 0 bridgehead atoms. The van der Waals surface area contributed by atoms with Crippen molar-refractivity contribution in [2.75, 3.05) is 51.5 Å². The molecular formula is C87H81N13O8S3. The van der Waals surface area contributed by atoms with Gasteiger partial charge in [0.25, 0.3) is 0 Å². The summed E-state index contributed by atoms with van der Waals surface area (Å²) in [4.78, 5) is 98.4. The first-order valence-electron chi connectivity index (χ1n) is 37.3. The SMILES string of the molecule is CCc1nc2cc(N3CC[C@@]4(O)C(=O)c5cc(C)c(C)cc5N=C34)ccc2s1.Cc1cc2c(cc1C)C(=O)[C@]1(O)CCN(c3ccc4nc(N)ccc4c3)C1=N2.Cc1cc2c(cc1C)C(=O)[C@]1(O)CCN(c3ccc4sc(C(C)C)nc4c3)C1=N2.Cc1ccc2cc(N3CC[C@@]4(O)C(=O)c5cc(C)sc5N=C34)ccc2n1. The molecule has 6 N–H and O–H groups in total. The van der Waals surface area contributed by atoms with Crippen molar-refractivity contribution < 1.29 is 39.6 Å². The van der Waals surface area contributed by atoms with Gasteiger partial charge in [-0.05, 0) is 229 Å². The van der Waals surface area contributed by atoms with Gasteiger partial charge in [0.2, 0.25) is 23.1 Å². The summed E-state index contributed by atoms with van der Waals surface area (Å²) in [6.07, 6.45) is 2.25. The van der Waals surface area contributed by atoms with E-state index in [-0.39, 0.29) is 23.1 Å². The molecule has 0 amide bonds. The van der Waals surface area contributed by atoms with Crippen molar-refractivity contribution in [3.05, 3.63) is 216 Å². The molecule has 24 heteroatoms. The van der Waals surface area contributed by atoms with Crippen LogP contribution in [0.3, 0.4) is 0 Å². The maximum atomic E-state index is 13.2. The summed E-state index contributed by atoms with van der Waals surface area (Å²) in [6, 6.07) is 44.9. The molecule has 0 saturated carbocycles. The van der Waals surface area contributed by atoms with Gasteiger partial charge >= 0.3 is 0 Å². The number of benzene rings is 7. The zero-order valence-electron chi connectivity index (χ0n) is 63.3. The molecule has 4 fully saturated rings. The number of aliphatic hydroxyl groups is 4. The minimum atomic E-state index is -1.58. The van der Waals surface area contributed by atoms with Crippen LogP contribution in [0, 0.1) is 55.4 Å². The third kappa shape index (κ3) is 12.2. The fourth-order valence-electron chi connectivity index (χ4n) is 15.9. The first kappa shape index (κ1) is 72.9. The molecule has 5 aromatic heterocycles. The number of carbonyl (C=O) groups is 4. The number of thiophene rings is 1. The van der Waals surface area contributed by atoms with Gasteiger partial charge < -0.3 is 45.8 Å². The number of hydrogen-bond acceptors (Lipinski definition) is 24. The average Bonchev–Trinajstić information content (AvgIpc) is 1.63. The molecule has 0 unspecified atom stereocenters. The molecule has 20 rings (SSSR count). The van der Waals surface area contributed by atoms with Crippen molar-refractivity contribution in [2.24, 2.45) is 20.0 Å². The summed E-state index contributed by atoms with van der Waals surface area (Å²) in [6.45, 7) is 24.4. The van der Waals surface area contributed by atoms with Gasteiger partial charge in [0.1, 0.15) is 28.3 Å². The van der Waals surface area contributed by atoms with Crippen LogP contribution in [0.2, 0.25) is 0 Å². The summed E-state index contributed by atoms with van der Waals surface area (Å²) in [5.41, 5.74) is 18.0. The van der Waals surface area contributed by atoms with Crippen molar-refractivity contribution in [3.8, 4) is 0 Å². The van der Waals surface area contributed by atoms with Gasteiger partial charge in [0.15, 0.2) is 28.2 Å². The van der Waals surface area contributed by atoms with Gasteiger partial charge in [0, 0.05) is 119 Å². The van der Waals surface area contributed by atoms with Gasteiger partial charge in [-0.25, -0.2) is 34.9 Å². The molecule has 0 spiro atoms. The standard InChI is InChI=1S/C23H23N3O2S.C22H20N4O2.C22H21N3O2S.C20H17N3O2S/c1-12(2)21-24-18-11-15(5-6-19(18)29-21)26-8-7-23(28)20(27)16-9-13(3)14(4)10-17(16)25-22(23)26;1-12-9-16-18(10-13(12)2)25-21-22(28,20(16)27)7-8-26(21)15-4-5-17-14(11-15)3-6-19(23)24-17;1-4-19-23-17-11-14(5-6-18(17)28-19)25-8-7-22(27)20(26)15-9-12(2)13(3)10-16(15)24-21(22)25;1-11-3-4-13-10-14(5-6-16(13)21-11)23-8-7-20(25)17(24)15-9-12(2)26-18(15)22-19(20)23/h5-6,9-12,28H,7-8H2,1-4H3;3-6,9-11,28H,7-8H2,1-2H3,(H2,23,24);5-6,9-11,27H,4,7-8H2,1-3H3;3-6,9-10,25H,7-8H2,1-2H3/t23-;2*22-;20-/m1111/s1. The number of rotatable bonds is 6. The van der Waals surface area contributed by atoms with Crippen LogP contribution in [-0.2, 0) is 6.42 Å². The third-order valence-corrected chi connectivity index (χ3v) is 26.1. The number of ketones is 4. The molecule has 12 aromatic rings. The fraction of sp³-hybridized carbons (Fsp3) is 0.287. The van der Waals surface area contributed by atoms with Crippen LogP contribution in [0.15, 0.2) is 159 Å². The normalized spacial score (nSPS) is 21.2. The number of aromatic nitrogens is 4. The number of nitrogens with two attached hydrogens (primary N) is 1. The Kier molecular flexibility index (Phi) is 17.7. The molecule has 111 heavy (non-hydrogen) atoms. The van der Waals surface area contributed by atoms with E-state index in [2.05, 4.69) is 52.8 Å².